The quantitative estimate of drug-likeness (QED) is 0.716. The number of rotatable bonds is 8. The molecular formula is C13H20ClN3O2. The fraction of sp³-hybridized carbons (Fsp3) is 0.692. The lowest BCUT2D eigenvalue weighted by Gasteiger charge is -2.10. The molecule has 1 aromatic heterocycles. The normalized spacial score (nSPS) is 14.6. The zero-order valence-electron chi connectivity index (χ0n) is 10.9. The number of aliphatic hydroxyl groups is 1. The summed E-state index contributed by atoms with van der Waals surface area (Å²) in [4.78, 5) is 12.2. The second-order valence-corrected chi connectivity index (χ2v) is 5.42. The molecule has 0 aromatic carbocycles. The molecule has 0 spiro atoms. The van der Waals surface area contributed by atoms with Crippen LogP contribution in [0.3, 0.4) is 0 Å². The van der Waals surface area contributed by atoms with E-state index in [4.69, 9.17) is 16.7 Å². The summed E-state index contributed by atoms with van der Waals surface area (Å²) in [6, 6.07) is 0. The maximum atomic E-state index is 12.2. The van der Waals surface area contributed by atoms with Gasteiger partial charge in [0, 0.05) is 19.7 Å². The monoisotopic (exact) mass is 285 g/mol. The van der Waals surface area contributed by atoms with Crippen LogP contribution in [0.25, 0.3) is 0 Å². The van der Waals surface area contributed by atoms with E-state index in [1.54, 1.807) is 0 Å². The molecule has 0 radical (unpaired) electrons. The molecule has 0 unspecified atom stereocenters. The molecule has 0 atom stereocenters. The second kappa shape index (κ2) is 6.91. The van der Waals surface area contributed by atoms with Crippen LogP contribution in [-0.4, -0.2) is 28.0 Å². The number of halogens is 1. The van der Waals surface area contributed by atoms with Gasteiger partial charge in [-0.15, -0.1) is 0 Å². The maximum absolute atomic E-state index is 12.2. The molecule has 5 nitrogen and oxygen atoms in total. The van der Waals surface area contributed by atoms with Crippen LogP contribution in [0.4, 0.5) is 5.69 Å². The van der Waals surface area contributed by atoms with Gasteiger partial charge in [0.05, 0.1) is 11.2 Å². The molecule has 2 rings (SSSR count). The van der Waals surface area contributed by atoms with Crippen LogP contribution in [0.5, 0.6) is 0 Å². The molecule has 6 heteroatoms. The summed E-state index contributed by atoms with van der Waals surface area (Å²) in [6.07, 6.45) is 6.52. The highest BCUT2D eigenvalue weighted by Crippen LogP contribution is 2.30. The van der Waals surface area contributed by atoms with E-state index in [0.29, 0.717) is 29.7 Å². The molecule has 0 aliphatic heterocycles. The molecule has 1 heterocycles. The molecule has 2 N–H and O–H groups in total. The molecule has 1 aliphatic carbocycles. The van der Waals surface area contributed by atoms with E-state index in [9.17, 15) is 4.79 Å². The molecule has 1 aromatic rings. The number of hydrogen-bond acceptors (Lipinski definition) is 4. The number of hydrogen-bond donors (Lipinski definition) is 2. The second-order valence-electron chi connectivity index (χ2n) is 5.01. The molecule has 106 valence electrons. The van der Waals surface area contributed by atoms with E-state index in [-0.39, 0.29) is 12.2 Å². The lowest BCUT2D eigenvalue weighted by Crippen LogP contribution is -2.27. The number of unbranched alkanes of at least 4 members (excludes halogenated alkanes) is 2. The Kier molecular flexibility index (Phi) is 5.22. The minimum absolute atomic E-state index is 0.137. The zero-order valence-corrected chi connectivity index (χ0v) is 11.7. The first-order valence-electron chi connectivity index (χ1n) is 6.82. The fourth-order valence-corrected chi connectivity index (χ4v) is 2.12. The molecule has 0 saturated heterocycles. The molecule has 1 fully saturated rings. The number of aliphatic hydroxyl groups excluding tert-OH is 1. The Morgan fingerprint density at radius 1 is 1.42 bits per heavy atom. The van der Waals surface area contributed by atoms with Gasteiger partial charge >= 0.3 is 0 Å². The van der Waals surface area contributed by atoms with Gasteiger partial charge in [-0.2, -0.15) is 5.10 Å². The summed E-state index contributed by atoms with van der Waals surface area (Å²) < 4.78 is 1.50. The first-order chi connectivity index (χ1) is 9.22. The van der Waals surface area contributed by atoms with Crippen molar-refractivity contribution in [2.24, 2.45) is 5.92 Å². The smallest absolute Gasteiger partial charge is 0.291 e. The Bertz CT molecular complexity index is 471. The average Bonchev–Trinajstić information content (AvgIpc) is 3.20. The van der Waals surface area contributed by atoms with Crippen molar-refractivity contribution >= 4 is 17.3 Å². The van der Waals surface area contributed by atoms with Gasteiger partial charge in [0.25, 0.3) is 5.56 Å². The van der Waals surface area contributed by atoms with Crippen molar-refractivity contribution in [1.29, 1.82) is 0 Å². The Balaban J connectivity index is 1.95. The van der Waals surface area contributed by atoms with Gasteiger partial charge in [-0.25, -0.2) is 4.68 Å². The van der Waals surface area contributed by atoms with Crippen LogP contribution in [0.1, 0.15) is 32.1 Å². The minimum atomic E-state index is -0.137. The summed E-state index contributed by atoms with van der Waals surface area (Å²) >= 11 is 6.02. The molecule has 19 heavy (non-hydrogen) atoms. The zero-order chi connectivity index (χ0) is 13.7. The van der Waals surface area contributed by atoms with Gasteiger partial charge in [-0.05, 0) is 38.0 Å². The third-order valence-electron chi connectivity index (χ3n) is 3.26. The first-order valence-corrected chi connectivity index (χ1v) is 7.20. The summed E-state index contributed by atoms with van der Waals surface area (Å²) in [7, 11) is 0. The van der Waals surface area contributed by atoms with Crippen molar-refractivity contribution < 1.29 is 5.11 Å². The fourth-order valence-electron chi connectivity index (χ4n) is 1.93. The van der Waals surface area contributed by atoms with Crippen molar-refractivity contribution in [3.63, 3.8) is 0 Å². The minimum Gasteiger partial charge on any atom is -0.396 e. The third-order valence-corrected chi connectivity index (χ3v) is 3.55. The lowest BCUT2D eigenvalue weighted by atomic mass is 10.2. The van der Waals surface area contributed by atoms with Crippen LogP contribution in [0.2, 0.25) is 5.02 Å². The molecule has 1 aliphatic rings. The van der Waals surface area contributed by atoms with Gasteiger partial charge in [0.15, 0.2) is 0 Å². The summed E-state index contributed by atoms with van der Waals surface area (Å²) in [5, 5.41) is 16.2. The van der Waals surface area contributed by atoms with E-state index in [1.165, 1.54) is 23.7 Å². The summed E-state index contributed by atoms with van der Waals surface area (Å²) in [5.74, 6) is 0.601. The van der Waals surface area contributed by atoms with Crippen molar-refractivity contribution in [3.05, 3.63) is 21.6 Å². The summed E-state index contributed by atoms with van der Waals surface area (Å²) in [6.45, 7) is 1.59. The lowest BCUT2D eigenvalue weighted by molar-refractivity contribution is 0.283. The summed E-state index contributed by atoms with van der Waals surface area (Å²) in [5.41, 5.74) is 0.308. The van der Waals surface area contributed by atoms with Crippen LogP contribution >= 0.6 is 11.6 Å². The van der Waals surface area contributed by atoms with Crippen molar-refractivity contribution in [2.45, 2.75) is 38.6 Å². The van der Waals surface area contributed by atoms with Gasteiger partial charge in [0.1, 0.15) is 5.69 Å². The Morgan fingerprint density at radius 3 is 2.89 bits per heavy atom. The molecule has 1 saturated carbocycles. The van der Waals surface area contributed by atoms with E-state index < -0.39 is 0 Å². The molecular weight excluding hydrogens is 266 g/mol. The highest BCUT2D eigenvalue weighted by molar-refractivity contribution is 6.32. The van der Waals surface area contributed by atoms with Crippen molar-refractivity contribution in [3.8, 4) is 0 Å². The maximum Gasteiger partial charge on any atom is 0.291 e. The number of nitrogens with one attached hydrogen (secondary N) is 1. The highest BCUT2D eigenvalue weighted by atomic mass is 35.5. The average molecular weight is 286 g/mol. The van der Waals surface area contributed by atoms with Crippen LogP contribution < -0.4 is 10.9 Å². The largest absolute Gasteiger partial charge is 0.396 e. The van der Waals surface area contributed by atoms with Crippen LogP contribution in [0, 0.1) is 5.92 Å². The van der Waals surface area contributed by atoms with Gasteiger partial charge in [-0.1, -0.05) is 11.6 Å². The predicted molar refractivity (Wildman–Crippen MR) is 75.7 cm³/mol. The molecule has 0 bridgehead atoms. The van der Waals surface area contributed by atoms with Crippen molar-refractivity contribution in [1.82, 2.24) is 9.78 Å². The van der Waals surface area contributed by atoms with Gasteiger partial charge in [0.2, 0.25) is 0 Å². The Morgan fingerprint density at radius 2 is 2.21 bits per heavy atom. The molecule has 0 amide bonds. The SMILES string of the molecule is O=c1c(NCCCCCO)c(Cl)cnn1CC1CC1. The van der Waals surface area contributed by atoms with E-state index in [1.807, 2.05) is 0 Å². The van der Waals surface area contributed by atoms with Crippen molar-refractivity contribution in [2.75, 3.05) is 18.5 Å². The van der Waals surface area contributed by atoms with Gasteiger partial charge in [-0.3, -0.25) is 4.79 Å². The van der Waals surface area contributed by atoms with E-state index in [2.05, 4.69) is 10.4 Å². The van der Waals surface area contributed by atoms with Crippen LogP contribution in [0.15, 0.2) is 11.0 Å². The van der Waals surface area contributed by atoms with Gasteiger partial charge < -0.3 is 10.4 Å². The predicted octanol–water partition coefficient (Wildman–Crippen LogP) is 1.88. The third kappa shape index (κ3) is 4.21. The first kappa shape index (κ1) is 14.3. The highest BCUT2D eigenvalue weighted by Gasteiger charge is 2.23. The number of anilines is 1. The topological polar surface area (TPSA) is 67.2 Å². The number of nitrogens with zero attached hydrogens (tertiary/aromatic N) is 2. The Hall–Kier alpha value is -1.07. The van der Waals surface area contributed by atoms with E-state index >= 15 is 0 Å². The Labute approximate surface area is 117 Å². The standard InChI is InChI=1S/C13H20ClN3O2/c14-11-8-16-17(9-10-4-5-10)13(19)12(11)15-6-2-1-3-7-18/h8,10,15,18H,1-7,9H2. The van der Waals surface area contributed by atoms with E-state index in [0.717, 1.165) is 19.3 Å². The van der Waals surface area contributed by atoms with Crippen LogP contribution in [-0.2, 0) is 6.54 Å². The number of aromatic nitrogens is 2.